The van der Waals surface area contributed by atoms with Gasteiger partial charge in [-0.25, -0.2) is 8.42 Å². The van der Waals surface area contributed by atoms with Crippen molar-refractivity contribution in [3.63, 3.8) is 0 Å². The van der Waals surface area contributed by atoms with E-state index in [2.05, 4.69) is 5.32 Å². The van der Waals surface area contributed by atoms with Crippen LogP contribution in [0.25, 0.3) is 0 Å². The Morgan fingerprint density at radius 1 is 1.17 bits per heavy atom. The van der Waals surface area contributed by atoms with Crippen LogP contribution in [-0.2, 0) is 9.84 Å². The second kappa shape index (κ2) is 7.23. The number of sulfone groups is 1. The summed E-state index contributed by atoms with van der Waals surface area (Å²) in [5.41, 5.74) is 1.22. The molecule has 0 aliphatic rings. The first-order valence-corrected chi connectivity index (χ1v) is 9.43. The van der Waals surface area contributed by atoms with E-state index in [1.54, 1.807) is 24.3 Å². The minimum absolute atomic E-state index is 0.242. The summed E-state index contributed by atoms with van der Waals surface area (Å²) in [6.45, 7) is 1.82. The second-order valence-corrected chi connectivity index (χ2v) is 7.81. The highest BCUT2D eigenvalue weighted by Crippen LogP contribution is 2.25. The van der Waals surface area contributed by atoms with Gasteiger partial charge in [-0.3, -0.25) is 4.79 Å². The Kier molecular flexibility index (Phi) is 5.51. The zero-order valence-electron chi connectivity index (χ0n) is 13.5. The molecule has 0 aliphatic heterocycles. The van der Waals surface area contributed by atoms with Crippen LogP contribution in [0.15, 0.2) is 47.4 Å². The SMILES string of the molecule is COc1ccc(C(=O)N[C@H](C)c2ccc(S(C)(=O)=O)cc2)cc1Cl. The minimum Gasteiger partial charge on any atom is -0.495 e. The lowest BCUT2D eigenvalue weighted by Crippen LogP contribution is -2.26. The number of halogens is 1. The summed E-state index contributed by atoms with van der Waals surface area (Å²) >= 11 is 6.03. The van der Waals surface area contributed by atoms with Crippen LogP contribution in [0, 0.1) is 0 Å². The molecule has 2 aromatic carbocycles. The monoisotopic (exact) mass is 367 g/mol. The maximum Gasteiger partial charge on any atom is 0.251 e. The number of rotatable bonds is 5. The quantitative estimate of drug-likeness (QED) is 0.880. The molecule has 0 radical (unpaired) electrons. The van der Waals surface area contributed by atoms with E-state index in [4.69, 9.17) is 16.3 Å². The first-order valence-electron chi connectivity index (χ1n) is 7.17. The molecule has 0 saturated carbocycles. The van der Waals surface area contributed by atoms with E-state index in [1.807, 2.05) is 6.92 Å². The number of hydrogen-bond donors (Lipinski definition) is 1. The van der Waals surface area contributed by atoms with Gasteiger partial charge < -0.3 is 10.1 Å². The van der Waals surface area contributed by atoms with Gasteiger partial charge in [0.2, 0.25) is 0 Å². The normalized spacial score (nSPS) is 12.5. The van der Waals surface area contributed by atoms with Gasteiger partial charge in [-0.15, -0.1) is 0 Å². The third-order valence-electron chi connectivity index (χ3n) is 3.57. The fourth-order valence-corrected chi connectivity index (χ4v) is 3.06. The molecule has 0 aliphatic carbocycles. The van der Waals surface area contributed by atoms with Crippen molar-refractivity contribution in [1.29, 1.82) is 0 Å². The number of benzene rings is 2. The van der Waals surface area contributed by atoms with Crippen LogP contribution in [0.2, 0.25) is 5.02 Å². The molecule has 2 rings (SSSR count). The number of amides is 1. The lowest BCUT2D eigenvalue weighted by atomic mass is 10.1. The standard InChI is InChI=1S/C17H18ClNO4S/c1-11(12-4-7-14(8-5-12)24(3,21)22)19-17(20)13-6-9-16(23-2)15(18)10-13/h4-11H,1-3H3,(H,19,20)/t11-/m1/s1. The molecule has 0 saturated heterocycles. The number of ether oxygens (including phenoxy) is 1. The molecule has 1 amide bonds. The van der Waals surface area contributed by atoms with Crippen LogP contribution in [0.3, 0.4) is 0 Å². The molecule has 0 heterocycles. The number of carbonyl (C=O) groups is 1. The van der Waals surface area contributed by atoms with Crippen molar-refractivity contribution in [3.8, 4) is 5.75 Å². The maximum atomic E-state index is 12.3. The number of hydrogen-bond acceptors (Lipinski definition) is 4. The van der Waals surface area contributed by atoms with Gasteiger partial charge in [0, 0.05) is 11.8 Å². The molecule has 1 N–H and O–H groups in total. The highest BCUT2D eigenvalue weighted by atomic mass is 35.5. The van der Waals surface area contributed by atoms with Gasteiger partial charge in [-0.2, -0.15) is 0 Å². The number of carbonyl (C=O) groups excluding carboxylic acids is 1. The smallest absolute Gasteiger partial charge is 0.251 e. The molecule has 0 bridgehead atoms. The van der Waals surface area contributed by atoms with E-state index >= 15 is 0 Å². The molecule has 0 unspecified atom stereocenters. The fourth-order valence-electron chi connectivity index (χ4n) is 2.17. The predicted molar refractivity (Wildman–Crippen MR) is 93.4 cm³/mol. The van der Waals surface area contributed by atoms with Crippen LogP contribution < -0.4 is 10.1 Å². The lowest BCUT2D eigenvalue weighted by molar-refractivity contribution is 0.0940. The van der Waals surface area contributed by atoms with Gasteiger partial charge in [-0.1, -0.05) is 23.7 Å². The van der Waals surface area contributed by atoms with E-state index in [-0.39, 0.29) is 16.8 Å². The van der Waals surface area contributed by atoms with Gasteiger partial charge in [0.1, 0.15) is 5.75 Å². The average molecular weight is 368 g/mol. The minimum atomic E-state index is -3.24. The molecular formula is C17H18ClNO4S. The Morgan fingerprint density at radius 3 is 2.29 bits per heavy atom. The van der Waals surface area contributed by atoms with Crippen LogP contribution in [0.5, 0.6) is 5.75 Å². The van der Waals surface area contributed by atoms with Crippen LogP contribution in [0.4, 0.5) is 0 Å². The molecule has 7 heteroatoms. The Hall–Kier alpha value is -2.05. The Morgan fingerprint density at radius 2 is 1.79 bits per heavy atom. The van der Waals surface area contributed by atoms with Gasteiger partial charge >= 0.3 is 0 Å². The summed E-state index contributed by atoms with van der Waals surface area (Å²) < 4.78 is 28.0. The second-order valence-electron chi connectivity index (χ2n) is 5.39. The molecule has 0 spiro atoms. The molecule has 24 heavy (non-hydrogen) atoms. The van der Waals surface area contributed by atoms with Gasteiger partial charge in [0.15, 0.2) is 9.84 Å². The van der Waals surface area contributed by atoms with E-state index in [0.717, 1.165) is 11.8 Å². The Labute approximate surface area is 146 Å². The molecule has 0 aromatic heterocycles. The molecule has 5 nitrogen and oxygen atoms in total. The van der Waals surface area contributed by atoms with Crippen LogP contribution in [0.1, 0.15) is 28.9 Å². The van der Waals surface area contributed by atoms with E-state index in [1.165, 1.54) is 25.3 Å². The molecule has 0 fully saturated rings. The Balaban J connectivity index is 2.12. The third kappa shape index (κ3) is 4.27. The van der Waals surface area contributed by atoms with E-state index < -0.39 is 9.84 Å². The van der Waals surface area contributed by atoms with Crippen LogP contribution in [-0.4, -0.2) is 27.7 Å². The fraction of sp³-hybridized carbons (Fsp3) is 0.235. The lowest BCUT2D eigenvalue weighted by Gasteiger charge is -2.15. The summed E-state index contributed by atoms with van der Waals surface area (Å²) in [4.78, 5) is 12.5. The molecule has 2 aromatic rings. The topological polar surface area (TPSA) is 72.5 Å². The Bertz CT molecular complexity index is 847. The zero-order chi connectivity index (χ0) is 17.9. The predicted octanol–water partition coefficient (Wildman–Crippen LogP) is 3.24. The van der Waals surface area contributed by atoms with Crippen molar-refractivity contribution in [2.75, 3.05) is 13.4 Å². The van der Waals surface area contributed by atoms with Crippen LogP contribution >= 0.6 is 11.6 Å². The van der Waals surface area contributed by atoms with Crippen molar-refractivity contribution in [1.82, 2.24) is 5.32 Å². The van der Waals surface area contributed by atoms with Gasteiger partial charge in [-0.05, 0) is 42.8 Å². The first-order chi connectivity index (χ1) is 11.2. The third-order valence-corrected chi connectivity index (χ3v) is 4.99. The van der Waals surface area contributed by atoms with Crippen molar-refractivity contribution in [2.45, 2.75) is 17.9 Å². The first kappa shape index (κ1) is 18.3. The van der Waals surface area contributed by atoms with E-state index in [9.17, 15) is 13.2 Å². The number of nitrogens with one attached hydrogen (secondary N) is 1. The highest BCUT2D eigenvalue weighted by molar-refractivity contribution is 7.90. The highest BCUT2D eigenvalue weighted by Gasteiger charge is 2.14. The summed E-state index contributed by atoms with van der Waals surface area (Å²) in [5.74, 6) is 0.219. The molecule has 1 atom stereocenters. The molecule has 128 valence electrons. The van der Waals surface area contributed by atoms with Crippen molar-refractivity contribution >= 4 is 27.3 Å². The maximum absolute atomic E-state index is 12.3. The largest absolute Gasteiger partial charge is 0.495 e. The summed E-state index contributed by atoms with van der Waals surface area (Å²) in [6, 6.07) is 10.9. The summed E-state index contributed by atoms with van der Waals surface area (Å²) in [7, 11) is -1.73. The van der Waals surface area contributed by atoms with E-state index in [0.29, 0.717) is 16.3 Å². The zero-order valence-corrected chi connectivity index (χ0v) is 15.1. The summed E-state index contributed by atoms with van der Waals surface area (Å²) in [6.07, 6.45) is 1.15. The summed E-state index contributed by atoms with van der Waals surface area (Å²) in [5, 5.41) is 3.20. The average Bonchev–Trinajstić information content (AvgIpc) is 2.54. The van der Waals surface area contributed by atoms with Gasteiger partial charge in [0.25, 0.3) is 5.91 Å². The molecular weight excluding hydrogens is 350 g/mol. The van der Waals surface area contributed by atoms with Gasteiger partial charge in [0.05, 0.1) is 23.1 Å². The van der Waals surface area contributed by atoms with Crippen molar-refractivity contribution < 1.29 is 17.9 Å². The van der Waals surface area contributed by atoms with Crippen molar-refractivity contribution in [2.24, 2.45) is 0 Å². The van der Waals surface area contributed by atoms with Crippen molar-refractivity contribution in [3.05, 3.63) is 58.6 Å². The number of methoxy groups -OCH3 is 1.